The minimum absolute atomic E-state index is 0.277. The maximum Gasteiger partial charge on any atom is 0.0598 e. The zero-order chi connectivity index (χ0) is 14.0. The Balaban J connectivity index is 2.51. The average Bonchev–Trinajstić information content (AvgIpc) is 2.69. The molecule has 0 spiro atoms. The first-order chi connectivity index (χ1) is 9.02. The van der Waals surface area contributed by atoms with Crippen molar-refractivity contribution in [3.63, 3.8) is 0 Å². The van der Waals surface area contributed by atoms with Crippen LogP contribution in [0.5, 0.6) is 0 Å². The Hall–Kier alpha value is 0.0900. The number of halogens is 2. The molecule has 0 saturated heterocycles. The maximum atomic E-state index is 3.62. The topological polar surface area (TPSA) is 12.0 Å². The van der Waals surface area contributed by atoms with E-state index in [0.717, 1.165) is 11.0 Å². The largest absolute Gasteiger partial charge is 0.306 e. The van der Waals surface area contributed by atoms with Crippen LogP contribution in [0.25, 0.3) is 0 Å². The van der Waals surface area contributed by atoms with Crippen LogP contribution in [0.1, 0.15) is 33.8 Å². The molecule has 1 unspecified atom stereocenters. The second kappa shape index (κ2) is 6.70. The number of hydrogen-bond donors (Lipinski definition) is 1. The van der Waals surface area contributed by atoms with Gasteiger partial charge in [-0.05, 0) is 78.4 Å². The van der Waals surface area contributed by atoms with Gasteiger partial charge in [-0.15, -0.1) is 11.3 Å². The predicted molar refractivity (Wildman–Crippen MR) is 96.2 cm³/mol. The Morgan fingerprint density at radius 1 is 1.26 bits per heavy atom. The monoisotopic (exact) mass is 449 g/mol. The molecule has 1 heterocycles. The van der Waals surface area contributed by atoms with Gasteiger partial charge < -0.3 is 5.32 Å². The van der Waals surface area contributed by atoms with E-state index in [9.17, 15) is 0 Å². The fourth-order valence-electron chi connectivity index (χ4n) is 2.26. The zero-order valence-electron chi connectivity index (χ0n) is 11.3. The lowest BCUT2D eigenvalue weighted by atomic mass is 9.99. The first-order valence-corrected chi connectivity index (χ1v) is 8.97. The molecule has 0 aliphatic heterocycles. The molecule has 0 radical (unpaired) electrons. The first kappa shape index (κ1) is 15.5. The molecular weight excluding hydrogens is 433 g/mol. The summed E-state index contributed by atoms with van der Waals surface area (Å²) in [7, 11) is 0. The highest BCUT2D eigenvalue weighted by Crippen LogP contribution is 2.33. The van der Waals surface area contributed by atoms with Gasteiger partial charge in [0.2, 0.25) is 0 Å². The molecule has 102 valence electrons. The standard InChI is InChI=1S/C15H17BrINS/c1-4-18-15(12-7-9(2)19-10(12)3)13-8-11(16)5-6-14(13)17/h5-8,15,18H,4H2,1-3H3. The molecule has 1 nitrogen and oxygen atoms in total. The van der Waals surface area contributed by atoms with Gasteiger partial charge in [-0.2, -0.15) is 0 Å². The van der Waals surface area contributed by atoms with Gasteiger partial charge in [0.1, 0.15) is 0 Å². The van der Waals surface area contributed by atoms with Crippen LogP contribution in [0.2, 0.25) is 0 Å². The fourth-order valence-corrected chi connectivity index (χ4v) is 4.25. The number of aryl methyl sites for hydroxylation is 2. The lowest BCUT2D eigenvalue weighted by Crippen LogP contribution is -2.23. The highest BCUT2D eigenvalue weighted by atomic mass is 127. The Kier molecular flexibility index (Phi) is 5.45. The van der Waals surface area contributed by atoms with E-state index in [-0.39, 0.29) is 6.04 Å². The van der Waals surface area contributed by atoms with Gasteiger partial charge in [0.05, 0.1) is 6.04 Å². The van der Waals surface area contributed by atoms with E-state index < -0.39 is 0 Å². The molecule has 0 aliphatic rings. The summed E-state index contributed by atoms with van der Waals surface area (Å²) in [5.41, 5.74) is 2.75. The predicted octanol–water partition coefficient (Wildman–Crippen LogP) is 5.43. The average molecular weight is 450 g/mol. The minimum Gasteiger partial charge on any atom is -0.306 e. The van der Waals surface area contributed by atoms with Gasteiger partial charge in [0.15, 0.2) is 0 Å². The summed E-state index contributed by atoms with van der Waals surface area (Å²) in [5.74, 6) is 0. The third-order valence-corrected chi connectivity index (χ3v) is 5.53. The number of hydrogen-bond acceptors (Lipinski definition) is 2. The van der Waals surface area contributed by atoms with E-state index in [1.54, 1.807) is 0 Å². The molecule has 1 aromatic heterocycles. The van der Waals surface area contributed by atoms with Crippen molar-refractivity contribution in [2.45, 2.75) is 26.8 Å². The summed E-state index contributed by atoms with van der Waals surface area (Å²) in [4.78, 5) is 2.78. The lowest BCUT2D eigenvalue weighted by molar-refractivity contribution is 0.627. The quantitative estimate of drug-likeness (QED) is 0.613. The maximum absolute atomic E-state index is 3.62. The highest BCUT2D eigenvalue weighted by Gasteiger charge is 2.19. The SMILES string of the molecule is CCNC(c1cc(Br)ccc1I)c1cc(C)sc1C. The molecule has 0 fully saturated rings. The van der Waals surface area contributed by atoms with Gasteiger partial charge in [-0.3, -0.25) is 0 Å². The zero-order valence-corrected chi connectivity index (χ0v) is 15.8. The summed E-state index contributed by atoms with van der Waals surface area (Å²) in [6.45, 7) is 7.51. The Morgan fingerprint density at radius 3 is 2.58 bits per heavy atom. The third-order valence-electron chi connectivity index (χ3n) is 3.07. The van der Waals surface area contributed by atoms with Crippen molar-refractivity contribution in [3.8, 4) is 0 Å². The van der Waals surface area contributed by atoms with Crippen LogP contribution in [0.3, 0.4) is 0 Å². The summed E-state index contributed by atoms with van der Waals surface area (Å²) in [6, 6.07) is 9.07. The first-order valence-electron chi connectivity index (χ1n) is 6.28. The number of benzene rings is 1. The van der Waals surface area contributed by atoms with Crippen LogP contribution in [0, 0.1) is 17.4 Å². The smallest absolute Gasteiger partial charge is 0.0598 e. The van der Waals surface area contributed by atoms with Crippen molar-refractivity contribution < 1.29 is 0 Å². The van der Waals surface area contributed by atoms with Crippen LogP contribution in [-0.2, 0) is 0 Å². The highest BCUT2D eigenvalue weighted by molar-refractivity contribution is 14.1. The molecule has 4 heteroatoms. The van der Waals surface area contributed by atoms with Gasteiger partial charge in [-0.25, -0.2) is 0 Å². The summed E-state index contributed by atoms with van der Waals surface area (Å²) >= 11 is 7.88. The van der Waals surface area contributed by atoms with Crippen molar-refractivity contribution >= 4 is 49.9 Å². The Bertz CT molecular complexity index is 580. The van der Waals surface area contributed by atoms with Crippen LogP contribution in [0.15, 0.2) is 28.7 Å². The number of thiophene rings is 1. The molecule has 2 rings (SSSR count). The van der Waals surface area contributed by atoms with Crippen molar-refractivity contribution in [1.29, 1.82) is 0 Å². The lowest BCUT2D eigenvalue weighted by Gasteiger charge is -2.20. The van der Waals surface area contributed by atoms with E-state index in [1.165, 1.54) is 24.5 Å². The van der Waals surface area contributed by atoms with Gasteiger partial charge in [-0.1, -0.05) is 22.9 Å². The second-order valence-corrected chi connectivity index (χ2v) is 8.06. The summed E-state index contributed by atoms with van der Waals surface area (Å²) < 4.78 is 2.44. The van der Waals surface area contributed by atoms with Gasteiger partial charge >= 0.3 is 0 Å². The van der Waals surface area contributed by atoms with Gasteiger partial charge in [0, 0.05) is 17.8 Å². The van der Waals surface area contributed by atoms with Crippen LogP contribution in [0.4, 0.5) is 0 Å². The Labute approximate surface area is 141 Å². The minimum atomic E-state index is 0.277. The normalized spacial score (nSPS) is 12.7. The molecule has 0 bridgehead atoms. The Morgan fingerprint density at radius 2 is 2.00 bits per heavy atom. The molecular formula is C15H17BrINS. The molecule has 1 N–H and O–H groups in total. The van der Waals surface area contributed by atoms with E-state index in [4.69, 9.17) is 0 Å². The van der Waals surface area contributed by atoms with Crippen molar-refractivity contribution in [3.05, 3.63) is 53.2 Å². The van der Waals surface area contributed by atoms with E-state index >= 15 is 0 Å². The second-order valence-electron chi connectivity index (χ2n) is 4.53. The molecule has 0 amide bonds. The van der Waals surface area contributed by atoms with Gasteiger partial charge in [0.25, 0.3) is 0 Å². The molecule has 0 aliphatic carbocycles. The summed E-state index contributed by atoms with van der Waals surface area (Å²) in [6.07, 6.45) is 0. The molecule has 0 saturated carbocycles. The van der Waals surface area contributed by atoms with Crippen molar-refractivity contribution in [2.24, 2.45) is 0 Å². The van der Waals surface area contributed by atoms with E-state index in [0.29, 0.717) is 0 Å². The third kappa shape index (κ3) is 3.60. The molecule has 19 heavy (non-hydrogen) atoms. The van der Waals surface area contributed by atoms with Crippen LogP contribution < -0.4 is 5.32 Å². The van der Waals surface area contributed by atoms with Crippen LogP contribution in [-0.4, -0.2) is 6.54 Å². The molecule has 2 aromatic rings. The number of rotatable bonds is 4. The van der Waals surface area contributed by atoms with E-state index in [2.05, 4.69) is 88.9 Å². The van der Waals surface area contributed by atoms with Crippen molar-refractivity contribution in [1.82, 2.24) is 5.32 Å². The molecule has 1 aromatic carbocycles. The number of nitrogens with one attached hydrogen (secondary N) is 1. The van der Waals surface area contributed by atoms with E-state index in [1.807, 2.05) is 11.3 Å². The summed E-state index contributed by atoms with van der Waals surface area (Å²) in [5, 5.41) is 3.62. The molecule has 1 atom stereocenters. The fraction of sp³-hybridized carbons (Fsp3) is 0.333. The van der Waals surface area contributed by atoms with Crippen LogP contribution >= 0.6 is 49.9 Å². The van der Waals surface area contributed by atoms with Crippen molar-refractivity contribution in [2.75, 3.05) is 6.54 Å².